The van der Waals surface area contributed by atoms with Crippen LogP contribution in [0, 0.1) is 5.82 Å². The summed E-state index contributed by atoms with van der Waals surface area (Å²) in [6, 6.07) is 1.70. The lowest BCUT2D eigenvalue weighted by Gasteiger charge is -2.28. The molecule has 0 spiro atoms. The number of aliphatic hydroxyl groups is 1. The molecular weight excluding hydrogens is 328 g/mol. The highest BCUT2D eigenvalue weighted by molar-refractivity contribution is 7.89. The van der Waals surface area contributed by atoms with E-state index in [1.165, 1.54) is 0 Å². The maximum absolute atomic E-state index is 13.6. The number of aliphatic hydroxyl groups excluding tert-OH is 1. The summed E-state index contributed by atoms with van der Waals surface area (Å²) in [6.45, 7) is 0. The van der Waals surface area contributed by atoms with E-state index in [0.717, 1.165) is 25.0 Å². The fourth-order valence-electron chi connectivity index (χ4n) is 2.23. The van der Waals surface area contributed by atoms with E-state index in [-0.39, 0.29) is 9.92 Å². The van der Waals surface area contributed by atoms with Crippen LogP contribution in [0.2, 0.25) is 10.0 Å². The van der Waals surface area contributed by atoms with Crippen LogP contribution in [0.5, 0.6) is 0 Å². The molecule has 4 nitrogen and oxygen atoms in total. The Kier molecular flexibility index (Phi) is 4.92. The Morgan fingerprint density at radius 2 is 1.90 bits per heavy atom. The molecule has 0 bridgehead atoms. The Balaban J connectivity index is 2.29. The van der Waals surface area contributed by atoms with Crippen molar-refractivity contribution in [1.82, 2.24) is 4.72 Å². The molecule has 0 aliphatic heterocycles. The van der Waals surface area contributed by atoms with Crippen molar-refractivity contribution in [3.63, 3.8) is 0 Å². The largest absolute Gasteiger partial charge is 0.391 e. The van der Waals surface area contributed by atoms with Crippen LogP contribution >= 0.6 is 23.2 Å². The normalized spacial score (nSPS) is 23.8. The molecule has 0 heterocycles. The van der Waals surface area contributed by atoms with Crippen molar-refractivity contribution in [3.05, 3.63) is 28.0 Å². The van der Waals surface area contributed by atoms with Gasteiger partial charge >= 0.3 is 0 Å². The number of sulfonamides is 1. The molecule has 1 fully saturated rings. The maximum Gasteiger partial charge on any atom is 0.242 e. The van der Waals surface area contributed by atoms with E-state index in [4.69, 9.17) is 23.2 Å². The first kappa shape index (κ1) is 16.0. The van der Waals surface area contributed by atoms with Gasteiger partial charge in [0.2, 0.25) is 10.0 Å². The number of rotatable bonds is 3. The Bertz CT molecular complexity index is 609. The second kappa shape index (κ2) is 6.15. The monoisotopic (exact) mass is 341 g/mol. The van der Waals surface area contributed by atoms with E-state index in [1.54, 1.807) is 0 Å². The average molecular weight is 342 g/mol. The summed E-state index contributed by atoms with van der Waals surface area (Å²) in [6.07, 6.45) is 2.02. The average Bonchev–Trinajstić information content (AvgIpc) is 2.38. The summed E-state index contributed by atoms with van der Waals surface area (Å²) in [5.74, 6) is -0.972. The van der Waals surface area contributed by atoms with Crippen LogP contribution in [-0.2, 0) is 10.0 Å². The Labute approximate surface area is 126 Å². The van der Waals surface area contributed by atoms with Crippen molar-refractivity contribution in [2.45, 2.75) is 42.7 Å². The topological polar surface area (TPSA) is 66.4 Å². The second-order valence-corrected chi connectivity index (χ2v) is 7.22. The van der Waals surface area contributed by atoms with Gasteiger partial charge in [0.25, 0.3) is 0 Å². The molecule has 112 valence electrons. The minimum atomic E-state index is -4.00. The third-order valence-electron chi connectivity index (χ3n) is 3.33. The number of hydrogen-bond acceptors (Lipinski definition) is 3. The lowest BCUT2D eigenvalue weighted by molar-refractivity contribution is 0.101. The van der Waals surface area contributed by atoms with E-state index in [0.29, 0.717) is 12.8 Å². The highest BCUT2D eigenvalue weighted by Gasteiger charge is 2.30. The lowest BCUT2D eigenvalue weighted by Crippen LogP contribution is -2.45. The zero-order valence-corrected chi connectivity index (χ0v) is 12.8. The molecule has 8 heteroatoms. The van der Waals surface area contributed by atoms with Gasteiger partial charge in [-0.2, -0.15) is 0 Å². The lowest BCUT2D eigenvalue weighted by atomic mass is 9.93. The van der Waals surface area contributed by atoms with E-state index >= 15 is 0 Å². The molecule has 2 N–H and O–H groups in total. The van der Waals surface area contributed by atoms with Gasteiger partial charge < -0.3 is 5.11 Å². The predicted molar refractivity (Wildman–Crippen MR) is 75.0 cm³/mol. The van der Waals surface area contributed by atoms with Gasteiger partial charge in [0, 0.05) is 6.04 Å². The number of hydrogen-bond donors (Lipinski definition) is 2. The van der Waals surface area contributed by atoms with Crippen LogP contribution in [0.3, 0.4) is 0 Å². The molecule has 0 unspecified atom stereocenters. The molecule has 1 aromatic carbocycles. The van der Waals surface area contributed by atoms with Gasteiger partial charge in [-0.15, -0.1) is 0 Å². The molecule has 0 saturated heterocycles. The van der Waals surface area contributed by atoms with Crippen LogP contribution < -0.4 is 4.72 Å². The highest BCUT2D eigenvalue weighted by Crippen LogP contribution is 2.30. The third kappa shape index (κ3) is 3.26. The number of benzene rings is 1. The van der Waals surface area contributed by atoms with Gasteiger partial charge in [-0.25, -0.2) is 17.5 Å². The molecule has 1 aliphatic rings. The first-order valence-corrected chi connectivity index (χ1v) is 8.41. The molecular formula is C12H14Cl2FNO3S. The van der Waals surface area contributed by atoms with Gasteiger partial charge in [0.1, 0.15) is 4.90 Å². The molecule has 2 atom stereocenters. The highest BCUT2D eigenvalue weighted by atomic mass is 35.5. The predicted octanol–water partition coefficient (Wildman–Crippen LogP) is 2.71. The zero-order chi connectivity index (χ0) is 14.9. The molecule has 0 amide bonds. The zero-order valence-electron chi connectivity index (χ0n) is 10.4. The van der Waals surface area contributed by atoms with Gasteiger partial charge in [0.15, 0.2) is 5.82 Å². The molecule has 1 saturated carbocycles. The molecule has 0 radical (unpaired) electrons. The molecule has 1 aromatic rings. The Morgan fingerprint density at radius 3 is 2.55 bits per heavy atom. The standard InChI is InChI=1S/C12H14Cl2FNO3S/c13-7-5-6-10(11(14)12(7)15)20(18,19)16-8-3-1-2-4-9(8)17/h5-6,8-9,16-17H,1-4H2/t8-,9-/m1/s1. The summed E-state index contributed by atoms with van der Waals surface area (Å²) in [4.78, 5) is -0.376. The van der Waals surface area contributed by atoms with E-state index in [1.807, 2.05) is 0 Å². The Hall–Kier alpha value is -0.400. The van der Waals surface area contributed by atoms with Crippen molar-refractivity contribution in [2.24, 2.45) is 0 Å². The van der Waals surface area contributed by atoms with Crippen LogP contribution in [0.4, 0.5) is 4.39 Å². The van der Waals surface area contributed by atoms with Crippen LogP contribution in [0.25, 0.3) is 0 Å². The summed E-state index contributed by atoms with van der Waals surface area (Å²) >= 11 is 11.2. The van der Waals surface area contributed by atoms with Crippen molar-refractivity contribution in [1.29, 1.82) is 0 Å². The summed E-state index contributed by atoms with van der Waals surface area (Å²) < 4.78 is 40.4. The van der Waals surface area contributed by atoms with Gasteiger partial charge in [-0.05, 0) is 25.0 Å². The first-order valence-electron chi connectivity index (χ1n) is 6.17. The van der Waals surface area contributed by atoms with Gasteiger partial charge in [0.05, 0.1) is 16.1 Å². The van der Waals surface area contributed by atoms with E-state index in [2.05, 4.69) is 4.72 Å². The smallest absolute Gasteiger partial charge is 0.242 e. The minimum absolute atomic E-state index is 0.244. The van der Waals surface area contributed by atoms with Crippen molar-refractivity contribution in [3.8, 4) is 0 Å². The van der Waals surface area contributed by atoms with Crippen molar-refractivity contribution < 1.29 is 17.9 Å². The quantitative estimate of drug-likeness (QED) is 0.830. The second-order valence-electron chi connectivity index (χ2n) is 4.75. The van der Waals surface area contributed by atoms with Crippen LogP contribution in [0.15, 0.2) is 17.0 Å². The summed E-state index contributed by atoms with van der Waals surface area (Å²) in [5, 5.41) is 9.00. The number of halogens is 3. The van der Waals surface area contributed by atoms with E-state index in [9.17, 15) is 17.9 Å². The van der Waals surface area contributed by atoms with Crippen molar-refractivity contribution in [2.75, 3.05) is 0 Å². The van der Waals surface area contributed by atoms with E-state index < -0.39 is 33.0 Å². The minimum Gasteiger partial charge on any atom is -0.391 e. The summed E-state index contributed by atoms with van der Waals surface area (Å²) in [5.41, 5.74) is 0. The maximum atomic E-state index is 13.6. The fourth-order valence-corrected chi connectivity index (χ4v) is 4.28. The van der Waals surface area contributed by atoms with Crippen LogP contribution in [-0.4, -0.2) is 25.7 Å². The molecule has 2 rings (SSSR count). The first-order chi connectivity index (χ1) is 9.33. The van der Waals surface area contributed by atoms with Gasteiger partial charge in [-0.1, -0.05) is 36.0 Å². The fraction of sp³-hybridized carbons (Fsp3) is 0.500. The SMILES string of the molecule is O=S(=O)(N[C@@H]1CCCC[C@H]1O)c1ccc(Cl)c(F)c1Cl. The Morgan fingerprint density at radius 1 is 1.25 bits per heavy atom. The molecule has 20 heavy (non-hydrogen) atoms. The molecule has 1 aliphatic carbocycles. The third-order valence-corrected chi connectivity index (χ3v) is 5.63. The summed E-state index contributed by atoms with van der Waals surface area (Å²) in [7, 11) is -4.00. The number of nitrogens with one attached hydrogen (secondary N) is 1. The molecule has 0 aromatic heterocycles. The van der Waals surface area contributed by atoms with Crippen LogP contribution in [0.1, 0.15) is 25.7 Å². The van der Waals surface area contributed by atoms with Gasteiger partial charge in [-0.3, -0.25) is 0 Å². The van der Waals surface area contributed by atoms with Crippen molar-refractivity contribution >= 4 is 33.2 Å².